The summed E-state index contributed by atoms with van der Waals surface area (Å²) < 4.78 is 24.0. The number of benzene rings is 1. The van der Waals surface area contributed by atoms with E-state index in [1.54, 1.807) is 32.9 Å². The van der Waals surface area contributed by atoms with E-state index in [-0.39, 0.29) is 12.4 Å². The highest BCUT2D eigenvalue weighted by Gasteiger charge is 2.28. The van der Waals surface area contributed by atoms with Gasteiger partial charge in [-0.1, -0.05) is 12.1 Å². The van der Waals surface area contributed by atoms with Crippen molar-refractivity contribution in [3.8, 4) is 5.75 Å². The lowest BCUT2D eigenvalue weighted by Gasteiger charge is -2.28. The van der Waals surface area contributed by atoms with Crippen LogP contribution in [0.15, 0.2) is 18.2 Å². The lowest BCUT2D eigenvalue weighted by atomic mass is 10.0. The van der Waals surface area contributed by atoms with Crippen LogP contribution >= 0.6 is 0 Å². The van der Waals surface area contributed by atoms with Gasteiger partial charge in [0.05, 0.1) is 5.60 Å². The fourth-order valence-electron chi connectivity index (χ4n) is 1.24. The Morgan fingerprint density at radius 3 is 2.65 bits per heavy atom. The molecule has 0 bridgehead atoms. The van der Waals surface area contributed by atoms with Gasteiger partial charge in [-0.2, -0.15) is 0 Å². The van der Waals surface area contributed by atoms with Crippen molar-refractivity contribution in [2.45, 2.75) is 32.5 Å². The van der Waals surface area contributed by atoms with Gasteiger partial charge in [0.15, 0.2) is 11.6 Å². The molecule has 17 heavy (non-hydrogen) atoms. The van der Waals surface area contributed by atoms with Gasteiger partial charge in [0, 0.05) is 7.11 Å². The number of hydrogen-bond acceptors (Lipinski definition) is 3. The molecule has 0 radical (unpaired) electrons. The van der Waals surface area contributed by atoms with E-state index >= 15 is 0 Å². The third kappa shape index (κ3) is 3.41. The fourth-order valence-corrected chi connectivity index (χ4v) is 1.24. The third-order valence-electron chi connectivity index (χ3n) is 2.88. The summed E-state index contributed by atoms with van der Waals surface area (Å²) in [6.07, 6.45) is -0.826. The molecule has 0 aliphatic rings. The Bertz CT molecular complexity index is 377. The fraction of sp³-hybridized carbons (Fsp3) is 0.538. The van der Waals surface area contributed by atoms with E-state index in [4.69, 9.17) is 9.47 Å². The lowest BCUT2D eigenvalue weighted by molar-refractivity contribution is -0.0918. The second-order valence-electron chi connectivity index (χ2n) is 4.52. The average molecular weight is 242 g/mol. The van der Waals surface area contributed by atoms with Crippen LogP contribution in [0, 0.1) is 12.7 Å². The van der Waals surface area contributed by atoms with Crippen LogP contribution in [0.3, 0.4) is 0 Å². The quantitative estimate of drug-likeness (QED) is 0.861. The number of hydrogen-bond donors (Lipinski definition) is 1. The molecule has 0 aromatic heterocycles. The maximum Gasteiger partial charge on any atom is 0.167 e. The van der Waals surface area contributed by atoms with Crippen LogP contribution in [0.4, 0.5) is 4.39 Å². The smallest absolute Gasteiger partial charge is 0.167 e. The van der Waals surface area contributed by atoms with Gasteiger partial charge in [-0.05, 0) is 32.4 Å². The minimum Gasteiger partial charge on any atom is -0.488 e. The van der Waals surface area contributed by atoms with Crippen molar-refractivity contribution < 1.29 is 19.0 Å². The predicted octanol–water partition coefficient (Wildman–Crippen LogP) is 2.30. The molecular weight excluding hydrogens is 223 g/mol. The summed E-state index contributed by atoms with van der Waals surface area (Å²) in [5.41, 5.74) is -0.205. The number of halogens is 1. The Hall–Kier alpha value is -1.13. The minimum atomic E-state index is -0.826. The van der Waals surface area contributed by atoms with Gasteiger partial charge >= 0.3 is 0 Å². The Morgan fingerprint density at radius 2 is 2.06 bits per heavy atom. The SMILES string of the molecule is COC(C)(C)C(O)COc1cccc(C)c1F. The molecule has 3 nitrogen and oxygen atoms in total. The number of ether oxygens (including phenoxy) is 2. The van der Waals surface area contributed by atoms with Crippen molar-refractivity contribution in [3.63, 3.8) is 0 Å². The molecule has 96 valence electrons. The number of methoxy groups -OCH3 is 1. The highest BCUT2D eigenvalue weighted by atomic mass is 19.1. The number of aliphatic hydroxyl groups excluding tert-OH is 1. The van der Waals surface area contributed by atoms with Crippen molar-refractivity contribution in [1.29, 1.82) is 0 Å². The Balaban J connectivity index is 2.65. The minimum absolute atomic E-state index is 0.0127. The largest absolute Gasteiger partial charge is 0.488 e. The molecule has 0 spiro atoms. The highest BCUT2D eigenvalue weighted by molar-refractivity contribution is 5.30. The molecule has 0 aliphatic carbocycles. The molecule has 1 N–H and O–H groups in total. The van der Waals surface area contributed by atoms with E-state index in [9.17, 15) is 9.50 Å². The molecule has 1 aromatic rings. The lowest BCUT2D eigenvalue weighted by Crippen LogP contribution is -2.42. The monoisotopic (exact) mass is 242 g/mol. The number of rotatable bonds is 5. The molecule has 4 heteroatoms. The second kappa shape index (κ2) is 5.47. The summed E-state index contributed by atoms with van der Waals surface area (Å²) in [4.78, 5) is 0. The van der Waals surface area contributed by atoms with Gasteiger partial charge in [0.25, 0.3) is 0 Å². The Labute approximate surface area is 101 Å². The van der Waals surface area contributed by atoms with Crippen molar-refractivity contribution >= 4 is 0 Å². The molecule has 0 amide bonds. The molecular formula is C13H19FO3. The Kier molecular flexibility index (Phi) is 4.48. The summed E-state index contributed by atoms with van der Waals surface area (Å²) >= 11 is 0. The summed E-state index contributed by atoms with van der Waals surface area (Å²) in [5, 5.41) is 9.83. The van der Waals surface area contributed by atoms with Gasteiger partial charge in [0.1, 0.15) is 12.7 Å². The molecule has 0 saturated heterocycles. The highest BCUT2D eigenvalue weighted by Crippen LogP contribution is 2.21. The van der Waals surface area contributed by atoms with Crippen LogP contribution in [-0.4, -0.2) is 30.5 Å². The molecule has 0 heterocycles. The second-order valence-corrected chi connectivity index (χ2v) is 4.52. The van der Waals surface area contributed by atoms with Gasteiger partial charge in [-0.25, -0.2) is 4.39 Å². The molecule has 0 aliphatic heterocycles. The molecule has 1 aromatic carbocycles. The van der Waals surface area contributed by atoms with Crippen LogP contribution in [0.2, 0.25) is 0 Å². The van der Waals surface area contributed by atoms with E-state index in [1.807, 2.05) is 0 Å². The summed E-state index contributed by atoms with van der Waals surface area (Å²) in [6.45, 7) is 5.14. The summed E-state index contributed by atoms with van der Waals surface area (Å²) in [5.74, 6) is -0.245. The van der Waals surface area contributed by atoms with Gasteiger partial charge in [-0.15, -0.1) is 0 Å². The maximum absolute atomic E-state index is 13.6. The van der Waals surface area contributed by atoms with Crippen molar-refractivity contribution in [2.75, 3.05) is 13.7 Å². The number of aliphatic hydroxyl groups is 1. The first-order valence-electron chi connectivity index (χ1n) is 5.49. The van der Waals surface area contributed by atoms with Crippen molar-refractivity contribution in [1.82, 2.24) is 0 Å². The van der Waals surface area contributed by atoms with E-state index in [0.717, 1.165) is 0 Å². The van der Waals surface area contributed by atoms with E-state index in [2.05, 4.69) is 0 Å². The van der Waals surface area contributed by atoms with Crippen molar-refractivity contribution in [2.24, 2.45) is 0 Å². The topological polar surface area (TPSA) is 38.7 Å². The molecule has 0 saturated carbocycles. The third-order valence-corrected chi connectivity index (χ3v) is 2.88. The summed E-state index contributed by atoms with van der Waals surface area (Å²) in [7, 11) is 1.51. The van der Waals surface area contributed by atoms with E-state index < -0.39 is 17.5 Å². The molecule has 0 fully saturated rings. The standard InChI is InChI=1S/C13H19FO3/c1-9-6-5-7-10(12(9)14)17-8-11(15)13(2,3)16-4/h5-7,11,15H,8H2,1-4H3. The van der Waals surface area contributed by atoms with Crippen molar-refractivity contribution in [3.05, 3.63) is 29.6 Å². The summed E-state index contributed by atoms with van der Waals surface area (Å²) in [6, 6.07) is 4.91. The Morgan fingerprint density at radius 1 is 1.41 bits per heavy atom. The number of aryl methyl sites for hydroxylation is 1. The van der Waals surface area contributed by atoms with Crippen LogP contribution in [0.5, 0.6) is 5.75 Å². The van der Waals surface area contributed by atoms with E-state index in [0.29, 0.717) is 5.56 Å². The first kappa shape index (κ1) is 13.9. The van der Waals surface area contributed by atoms with Crippen LogP contribution in [-0.2, 0) is 4.74 Å². The first-order valence-corrected chi connectivity index (χ1v) is 5.49. The predicted molar refractivity (Wildman–Crippen MR) is 63.7 cm³/mol. The van der Waals surface area contributed by atoms with E-state index in [1.165, 1.54) is 13.2 Å². The van der Waals surface area contributed by atoms with Gasteiger partial charge in [0.2, 0.25) is 0 Å². The zero-order chi connectivity index (χ0) is 13.1. The van der Waals surface area contributed by atoms with Crippen LogP contribution in [0.1, 0.15) is 19.4 Å². The normalized spacial score (nSPS) is 13.5. The molecule has 1 atom stereocenters. The van der Waals surface area contributed by atoms with Crippen LogP contribution < -0.4 is 4.74 Å². The zero-order valence-electron chi connectivity index (χ0n) is 10.7. The molecule has 1 rings (SSSR count). The van der Waals surface area contributed by atoms with Gasteiger partial charge in [-0.3, -0.25) is 0 Å². The zero-order valence-corrected chi connectivity index (χ0v) is 10.7. The first-order chi connectivity index (χ1) is 7.88. The van der Waals surface area contributed by atoms with Gasteiger partial charge < -0.3 is 14.6 Å². The maximum atomic E-state index is 13.6. The molecule has 1 unspecified atom stereocenters. The average Bonchev–Trinajstić information content (AvgIpc) is 2.30. The van der Waals surface area contributed by atoms with Crippen LogP contribution in [0.25, 0.3) is 0 Å².